The quantitative estimate of drug-likeness (QED) is 0.0487. The average Bonchev–Trinajstić information content (AvgIpc) is 3.11. The maximum atomic E-state index is 9.63. The van der Waals surface area contributed by atoms with Gasteiger partial charge in [-0.3, -0.25) is 9.98 Å². The van der Waals surface area contributed by atoms with E-state index in [0.717, 1.165) is 72.4 Å². The summed E-state index contributed by atoms with van der Waals surface area (Å²) in [6, 6.07) is 22.0. The van der Waals surface area contributed by atoms with E-state index in [2.05, 4.69) is 110 Å². The zero-order valence-electron chi connectivity index (χ0n) is 33.6. The van der Waals surface area contributed by atoms with Crippen molar-refractivity contribution in [3.05, 3.63) is 94.0 Å². The Kier molecular flexibility index (Phi) is 19.7. The predicted molar refractivity (Wildman–Crippen MR) is 227 cm³/mol. The van der Waals surface area contributed by atoms with Crippen molar-refractivity contribution >= 4 is 42.1 Å². The molecule has 0 saturated heterocycles. The Labute approximate surface area is 327 Å². The Morgan fingerprint density at radius 2 is 1.02 bits per heavy atom. The van der Waals surface area contributed by atoms with Crippen molar-refractivity contribution in [3.63, 3.8) is 0 Å². The minimum Gasteiger partial charge on any atom is -0.504 e. The number of nitrogens with zero attached hydrogens (tertiary/aromatic N) is 2. The molecule has 0 atom stereocenters. The zero-order valence-corrected chi connectivity index (χ0v) is 35.6. The third-order valence-corrected chi connectivity index (χ3v) is 11.1. The minimum atomic E-state index is -1.17. The molecular formula is C46H66N2NiO2Si. The Balaban J connectivity index is 0.000000399. The number of unbranched alkanes of at least 4 members (excludes halogenated alkanes) is 5. The van der Waals surface area contributed by atoms with Gasteiger partial charge in [0.1, 0.15) is 0 Å². The van der Waals surface area contributed by atoms with Gasteiger partial charge in [0.15, 0.2) is 11.5 Å². The summed E-state index contributed by atoms with van der Waals surface area (Å²) in [6.45, 7) is 20.4. The van der Waals surface area contributed by atoms with Crippen LogP contribution >= 0.6 is 0 Å². The van der Waals surface area contributed by atoms with Gasteiger partial charge in [-0.1, -0.05) is 118 Å². The van der Waals surface area contributed by atoms with Crippen molar-refractivity contribution in [3.8, 4) is 11.5 Å². The molecule has 4 rings (SSSR count). The summed E-state index contributed by atoms with van der Waals surface area (Å²) >= 11 is 0. The first-order valence-corrected chi connectivity index (χ1v) is 23.5. The first-order chi connectivity index (χ1) is 24.4. The van der Waals surface area contributed by atoms with E-state index < -0.39 is 8.07 Å². The van der Waals surface area contributed by atoms with E-state index in [1.165, 1.54) is 71.9 Å². The van der Waals surface area contributed by atoms with Crippen LogP contribution in [0.15, 0.2) is 70.6 Å². The summed E-state index contributed by atoms with van der Waals surface area (Å²) in [4.78, 5) is 9.87. The second-order valence-corrected chi connectivity index (χ2v) is 20.6. The van der Waals surface area contributed by atoms with Crippen LogP contribution in [0.5, 0.6) is 11.5 Å². The topological polar surface area (TPSA) is 65.2 Å². The molecule has 4 nitrogen and oxygen atoms in total. The number of aromatic hydroxyl groups is 2. The van der Waals surface area contributed by atoms with Crippen LogP contribution in [0.1, 0.15) is 120 Å². The van der Waals surface area contributed by atoms with Gasteiger partial charge in [0.05, 0.1) is 17.1 Å². The van der Waals surface area contributed by atoms with Crippen LogP contribution in [-0.4, -0.2) is 30.2 Å². The van der Waals surface area contributed by atoms with Crippen LogP contribution in [0.4, 0.5) is 11.4 Å². The number of hydrogen-bond donors (Lipinski definition) is 2. The molecule has 52 heavy (non-hydrogen) atoms. The summed E-state index contributed by atoms with van der Waals surface area (Å²) in [5, 5.41) is 21.2. The molecule has 0 amide bonds. The molecular weight excluding hydrogens is 699 g/mol. The Hall–Kier alpha value is -3.21. The molecule has 0 bridgehead atoms. The molecule has 2 N–H and O–H groups in total. The first-order valence-electron chi connectivity index (χ1n) is 19.8. The van der Waals surface area contributed by atoms with Gasteiger partial charge in [-0.2, -0.15) is 0 Å². The Morgan fingerprint density at radius 1 is 0.558 bits per heavy atom. The Bertz CT molecular complexity index is 1760. The van der Waals surface area contributed by atoms with Gasteiger partial charge in [0.25, 0.3) is 0 Å². The molecule has 286 valence electrons. The minimum absolute atomic E-state index is 0. The molecule has 0 aliphatic rings. The number of fused-ring (bicyclic) bond motifs is 1. The maximum Gasteiger partial charge on any atom is 0.158 e. The number of aliphatic imine (C=N–C) groups is 2. The molecule has 6 heteroatoms. The summed E-state index contributed by atoms with van der Waals surface area (Å²) in [6.07, 6.45) is 16.0. The van der Waals surface area contributed by atoms with Gasteiger partial charge < -0.3 is 10.2 Å². The monoisotopic (exact) mass is 764 g/mol. The van der Waals surface area contributed by atoms with E-state index in [4.69, 9.17) is 9.98 Å². The maximum absolute atomic E-state index is 9.63. The van der Waals surface area contributed by atoms with E-state index in [-0.39, 0.29) is 28.0 Å². The fraction of sp³-hybridized carbons (Fsp3) is 0.478. The normalized spacial score (nSPS) is 11.8. The third kappa shape index (κ3) is 14.3. The number of rotatable bonds is 17. The number of aryl methyl sites for hydroxylation is 5. The fourth-order valence-corrected chi connectivity index (χ4v) is 8.23. The standard InChI is InChI=1S/C30H44N2.C16H22O2Si.Ni/c1-6-11-12-13-14-15-16-30(32-29-20-18-25(8-3)27(10-5)22-29)23-31-28-19-17-24(7-2)26(9-4)21-28;1-5-11-6-12-8-15(17)16(18)9-13(12)7-14(11)10-19(2,3)4;/h17-23H,6-16H2,1-5H3;6-9,17-18H,5,10H2,1-4H3;. The van der Waals surface area contributed by atoms with Crippen LogP contribution in [0.2, 0.25) is 19.6 Å². The summed E-state index contributed by atoms with van der Waals surface area (Å²) in [5.41, 5.74) is 11.6. The first kappa shape index (κ1) is 44.9. The van der Waals surface area contributed by atoms with Gasteiger partial charge in [-0.25, -0.2) is 0 Å². The van der Waals surface area contributed by atoms with Crippen LogP contribution < -0.4 is 0 Å². The molecule has 0 aromatic heterocycles. The molecule has 0 aliphatic heterocycles. The van der Waals surface area contributed by atoms with Crippen molar-refractivity contribution in [1.82, 2.24) is 0 Å². The third-order valence-electron chi connectivity index (χ3n) is 9.68. The molecule has 0 fully saturated rings. The van der Waals surface area contributed by atoms with Crippen LogP contribution in [0.3, 0.4) is 0 Å². The predicted octanol–water partition coefficient (Wildman–Crippen LogP) is 13.4. The fourth-order valence-electron chi connectivity index (χ4n) is 6.76. The van der Waals surface area contributed by atoms with Gasteiger partial charge in [-0.05, 0) is 132 Å². The van der Waals surface area contributed by atoms with Gasteiger partial charge in [0.2, 0.25) is 0 Å². The smallest absolute Gasteiger partial charge is 0.158 e. The van der Waals surface area contributed by atoms with Gasteiger partial charge in [0, 0.05) is 30.8 Å². The van der Waals surface area contributed by atoms with E-state index in [1.807, 2.05) is 6.21 Å². The van der Waals surface area contributed by atoms with E-state index in [0.29, 0.717) is 0 Å². The molecule has 0 radical (unpaired) electrons. The van der Waals surface area contributed by atoms with Crippen LogP contribution in [0.25, 0.3) is 10.8 Å². The van der Waals surface area contributed by atoms with Gasteiger partial charge >= 0.3 is 0 Å². The second-order valence-electron chi connectivity index (χ2n) is 15.1. The van der Waals surface area contributed by atoms with Crippen molar-refractivity contribution < 1.29 is 26.7 Å². The van der Waals surface area contributed by atoms with E-state index >= 15 is 0 Å². The van der Waals surface area contributed by atoms with Crippen molar-refractivity contribution in [1.29, 1.82) is 0 Å². The molecule has 0 spiro atoms. The van der Waals surface area contributed by atoms with Crippen LogP contribution in [-0.2, 0) is 54.6 Å². The zero-order chi connectivity index (χ0) is 37.4. The summed E-state index contributed by atoms with van der Waals surface area (Å²) in [5.74, 6) is -0.0943. The van der Waals surface area contributed by atoms with Crippen LogP contribution in [0, 0.1) is 0 Å². The average molecular weight is 766 g/mol. The number of phenolic OH excluding ortho intramolecular Hbond substituents is 2. The van der Waals surface area contributed by atoms with E-state index in [1.54, 1.807) is 12.1 Å². The molecule has 4 aromatic carbocycles. The van der Waals surface area contributed by atoms with Crippen molar-refractivity contribution in [2.75, 3.05) is 0 Å². The summed E-state index contributed by atoms with van der Waals surface area (Å²) in [7, 11) is -1.17. The molecule has 0 aliphatic carbocycles. The SMILES string of the molecule is CCCCCCCCC(C=Nc1ccc(CC)c(CC)c1)=Nc1ccc(CC)c(CC)c1.CCc1cc2cc(O)c(O)cc2cc1C[Si](C)(C)C.[Ni]. The largest absolute Gasteiger partial charge is 0.504 e. The number of hydrogen-bond acceptors (Lipinski definition) is 4. The van der Waals surface area contributed by atoms with E-state index in [9.17, 15) is 10.2 Å². The van der Waals surface area contributed by atoms with Crippen molar-refractivity contribution in [2.45, 2.75) is 144 Å². The Morgan fingerprint density at radius 3 is 1.54 bits per heavy atom. The second kappa shape index (κ2) is 22.8. The molecule has 4 aromatic rings. The molecule has 0 unspecified atom stereocenters. The van der Waals surface area contributed by atoms with Crippen molar-refractivity contribution in [2.24, 2.45) is 9.98 Å². The summed E-state index contributed by atoms with van der Waals surface area (Å²) < 4.78 is 0. The number of phenols is 2. The number of benzene rings is 4. The molecule has 0 heterocycles. The molecule has 0 saturated carbocycles. The van der Waals surface area contributed by atoms with Gasteiger partial charge in [-0.15, -0.1) is 0 Å².